The molecule has 2 aromatic rings. The van der Waals surface area contributed by atoms with Crippen LogP contribution in [0.2, 0.25) is 0 Å². The molecule has 1 heterocycles. The van der Waals surface area contributed by atoms with Crippen LogP contribution in [0.15, 0.2) is 36.4 Å². The number of methoxy groups -OCH3 is 1. The van der Waals surface area contributed by atoms with Crippen LogP contribution in [0.1, 0.15) is 24.0 Å². The van der Waals surface area contributed by atoms with Gasteiger partial charge in [-0.25, -0.2) is 9.87 Å². The Kier molecular flexibility index (Phi) is 6.66. The number of benzene rings is 2. The zero-order chi connectivity index (χ0) is 21.0. The highest BCUT2D eigenvalue weighted by atomic mass is 32.2. The molecule has 1 aliphatic heterocycles. The molecule has 3 N–H and O–H groups in total. The van der Waals surface area contributed by atoms with Gasteiger partial charge >= 0.3 is 0 Å². The summed E-state index contributed by atoms with van der Waals surface area (Å²) in [5, 5.41) is 12.4. The number of carbonyl (C=O) groups is 1. The molecule has 1 saturated heterocycles. The van der Waals surface area contributed by atoms with Gasteiger partial charge in [0.1, 0.15) is 17.1 Å². The molecule has 2 aromatic carbocycles. The second-order valence-corrected chi connectivity index (χ2v) is 8.92. The van der Waals surface area contributed by atoms with Crippen molar-refractivity contribution < 1.29 is 23.3 Å². The highest BCUT2D eigenvalue weighted by Crippen LogP contribution is 2.30. The molecule has 156 valence electrons. The van der Waals surface area contributed by atoms with Crippen LogP contribution in [-0.2, 0) is 22.1 Å². The number of hydrogen-bond acceptors (Lipinski definition) is 5. The van der Waals surface area contributed by atoms with Gasteiger partial charge in [0.05, 0.1) is 7.11 Å². The number of carbonyl (C=O) groups excluding carboxylic acids is 1. The molecule has 0 unspecified atom stereocenters. The highest BCUT2D eigenvalue weighted by Gasteiger charge is 2.40. The molecule has 1 amide bonds. The molecular weight excluding hydrogens is 395 g/mol. The molecule has 1 aliphatic rings. The van der Waals surface area contributed by atoms with Crippen molar-refractivity contribution in [2.24, 2.45) is 0 Å². The summed E-state index contributed by atoms with van der Waals surface area (Å²) in [6.07, 6.45) is 0.778. The summed E-state index contributed by atoms with van der Waals surface area (Å²) in [5.41, 5.74) is 3.89. The average Bonchev–Trinajstić information content (AvgIpc) is 2.73. The van der Waals surface area contributed by atoms with Crippen molar-refractivity contribution in [3.63, 3.8) is 0 Å². The third-order valence-electron chi connectivity index (χ3n) is 5.44. The molecule has 29 heavy (non-hydrogen) atoms. The van der Waals surface area contributed by atoms with Gasteiger partial charge in [-0.15, -0.1) is 0 Å². The van der Waals surface area contributed by atoms with E-state index in [2.05, 4.69) is 5.32 Å². The third kappa shape index (κ3) is 4.66. The van der Waals surface area contributed by atoms with Crippen molar-refractivity contribution in [2.45, 2.75) is 31.8 Å². The monoisotopic (exact) mass is 420 g/mol. The molecule has 0 spiro atoms. The van der Waals surface area contributed by atoms with Crippen LogP contribution in [-0.4, -0.2) is 39.5 Å². The van der Waals surface area contributed by atoms with E-state index >= 15 is 0 Å². The SMILES string of the molecule is COc1ccc(-c2ccc(CNC3(C(=O)NO)CCS(=O)CC3)cc2C)c(F)c1. The number of aryl methyl sites for hydroxylation is 1. The predicted molar refractivity (Wildman–Crippen MR) is 110 cm³/mol. The lowest BCUT2D eigenvalue weighted by Crippen LogP contribution is -2.59. The first kappa shape index (κ1) is 21.4. The maximum absolute atomic E-state index is 14.4. The van der Waals surface area contributed by atoms with E-state index in [4.69, 9.17) is 9.94 Å². The maximum atomic E-state index is 14.4. The summed E-state index contributed by atoms with van der Waals surface area (Å²) in [6, 6.07) is 10.4. The van der Waals surface area contributed by atoms with E-state index in [-0.39, 0.29) is 5.82 Å². The van der Waals surface area contributed by atoms with Crippen molar-refractivity contribution in [3.05, 3.63) is 53.3 Å². The fourth-order valence-corrected chi connectivity index (χ4v) is 5.00. The Morgan fingerprint density at radius 1 is 1.21 bits per heavy atom. The Morgan fingerprint density at radius 3 is 2.48 bits per heavy atom. The average molecular weight is 421 g/mol. The first-order valence-corrected chi connectivity index (χ1v) is 10.9. The lowest BCUT2D eigenvalue weighted by Gasteiger charge is -2.35. The Bertz CT molecular complexity index is 925. The van der Waals surface area contributed by atoms with Crippen LogP contribution in [0.25, 0.3) is 11.1 Å². The van der Waals surface area contributed by atoms with Gasteiger partial charge in [0.2, 0.25) is 0 Å². The Balaban J connectivity index is 1.78. The zero-order valence-corrected chi connectivity index (χ0v) is 17.3. The van der Waals surface area contributed by atoms with Gasteiger partial charge in [-0.1, -0.05) is 18.2 Å². The van der Waals surface area contributed by atoms with E-state index in [0.717, 1.165) is 16.7 Å². The van der Waals surface area contributed by atoms with Crippen molar-refractivity contribution in [1.82, 2.24) is 10.8 Å². The molecule has 3 rings (SSSR count). The molecule has 0 aliphatic carbocycles. The molecule has 0 aromatic heterocycles. The lowest BCUT2D eigenvalue weighted by molar-refractivity contribution is -0.136. The molecule has 0 radical (unpaired) electrons. The molecule has 0 saturated carbocycles. The molecular formula is C21H25FN2O4S. The molecule has 0 atom stereocenters. The van der Waals surface area contributed by atoms with Crippen LogP contribution in [0, 0.1) is 12.7 Å². The van der Waals surface area contributed by atoms with Gasteiger partial charge in [-0.3, -0.25) is 19.5 Å². The van der Waals surface area contributed by atoms with Gasteiger partial charge in [0.15, 0.2) is 0 Å². The van der Waals surface area contributed by atoms with E-state index in [1.165, 1.54) is 13.2 Å². The topological polar surface area (TPSA) is 87.7 Å². The van der Waals surface area contributed by atoms with Crippen LogP contribution in [0.3, 0.4) is 0 Å². The number of hydrogen-bond donors (Lipinski definition) is 3. The quantitative estimate of drug-likeness (QED) is 0.494. The minimum absolute atomic E-state index is 0.355. The molecule has 8 heteroatoms. The van der Waals surface area contributed by atoms with Crippen molar-refractivity contribution >= 4 is 16.7 Å². The maximum Gasteiger partial charge on any atom is 0.263 e. The number of ether oxygens (including phenoxy) is 1. The minimum Gasteiger partial charge on any atom is -0.497 e. The number of hydroxylamine groups is 1. The fourth-order valence-electron chi connectivity index (χ4n) is 3.64. The third-order valence-corrected chi connectivity index (χ3v) is 6.76. The lowest BCUT2D eigenvalue weighted by atomic mass is 9.90. The summed E-state index contributed by atoms with van der Waals surface area (Å²) in [6.45, 7) is 2.30. The summed E-state index contributed by atoms with van der Waals surface area (Å²) in [7, 11) is 0.563. The summed E-state index contributed by atoms with van der Waals surface area (Å²) in [4.78, 5) is 12.2. The molecule has 6 nitrogen and oxygen atoms in total. The standard InChI is InChI=1S/C21H25FN2O4S/c1-14-11-15(3-5-17(14)18-6-4-16(28-2)12-19(18)22)13-23-21(20(25)24-26)7-9-29(27)10-8-21/h3-6,11-12,23,26H,7-10,13H2,1-2H3,(H,24,25). The van der Waals surface area contributed by atoms with E-state index in [9.17, 15) is 13.4 Å². The van der Waals surface area contributed by atoms with E-state index in [0.29, 0.717) is 42.2 Å². The van der Waals surface area contributed by atoms with Gasteiger partial charge < -0.3 is 4.74 Å². The fraction of sp³-hybridized carbons (Fsp3) is 0.381. The van der Waals surface area contributed by atoms with Gasteiger partial charge in [-0.2, -0.15) is 0 Å². The van der Waals surface area contributed by atoms with E-state index < -0.39 is 22.2 Å². The Hall–Kier alpha value is -2.29. The summed E-state index contributed by atoms with van der Waals surface area (Å²) in [5.74, 6) is 0.421. The second kappa shape index (κ2) is 9.02. The van der Waals surface area contributed by atoms with Gasteiger partial charge in [-0.05, 0) is 48.6 Å². The minimum atomic E-state index is -0.947. The van der Waals surface area contributed by atoms with Crippen molar-refractivity contribution in [3.8, 4) is 16.9 Å². The van der Waals surface area contributed by atoms with Crippen molar-refractivity contribution in [2.75, 3.05) is 18.6 Å². The smallest absolute Gasteiger partial charge is 0.263 e. The van der Waals surface area contributed by atoms with Crippen LogP contribution in [0.4, 0.5) is 4.39 Å². The summed E-state index contributed by atoms with van der Waals surface area (Å²) >= 11 is 0. The zero-order valence-electron chi connectivity index (χ0n) is 16.5. The molecule has 0 bridgehead atoms. The normalized spacial score (nSPS) is 21.6. The van der Waals surface area contributed by atoms with Crippen LogP contribution >= 0.6 is 0 Å². The number of halogens is 1. The largest absolute Gasteiger partial charge is 0.497 e. The highest BCUT2D eigenvalue weighted by molar-refractivity contribution is 7.85. The Morgan fingerprint density at radius 2 is 1.90 bits per heavy atom. The van der Waals surface area contributed by atoms with Crippen LogP contribution in [0.5, 0.6) is 5.75 Å². The predicted octanol–water partition coefficient (Wildman–Crippen LogP) is 2.69. The Labute approximate surface area is 171 Å². The van der Waals surface area contributed by atoms with E-state index in [1.807, 2.05) is 25.1 Å². The first-order valence-electron chi connectivity index (χ1n) is 9.36. The molecule has 1 fully saturated rings. The van der Waals surface area contributed by atoms with Crippen LogP contribution < -0.4 is 15.5 Å². The second-order valence-electron chi connectivity index (χ2n) is 7.22. The van der Waals surface area contributed by atoms with Gasteiger partial charge in [0, 0.05) is 40.5 Å². The number of nitrogens with one attached hydrogen (secondary N) is 2. The number of rotatable bonds is 6. The van der Waals surface area contributed by atoms with Crippen molar-refractivity contribution in [1.29, 1.82) is 0 Å². The first-order chi connectivity index (χ1) is 13.9. The number of amides is 1. The summed E-state index contributed by atoms with van der Waals surface area (Å²) < 4.78 is 31.1. The van der Waals surface area contributed by atoms with E-state index in [1.54, 1.807) is 17.6 Å². The van der Waals surface area contributed by atoms with Gasteiger partial charge in [0.25, 0.3) is 5.91 Å².